The molecule has 2 aliphatic heterocycles. The summed E-state index contributed by atoms with van der Waals surface area (Å²) in [6, 6.07) is 12.9. The van der Waals surface area contributed by atoms with Gasteiger partial charge < -0.3 is 25.2 Å². The highest BCUT2D eigenvalue weighted by Gasteiger charge is 2.46. The molecule has 0 aliphatic carbocycles. The van der Waals surface area contributed by atoms with Gasteiger partial charge >= 0.3 is 0 Å². The van der Waals surface area contributed by atoms with Gasteiger partial charge in [0.2, 0.25) is 11.8 Å². The molecule has 3 aromatic rings. The van der Waals surface area contributed by atoms with Crippen molar-refractivity contribution in [3.63, 3.8) is 0 Å². The normalized spacial score (nSPS) is 22.1. The number of aliphatic hydroxyl groups is 1. The lowest BCUT2D eigenvalue weighted by atomic mass is 9.84. The third-order valence-electron chi connectivity index (χ3n) is 6.52. The van der Waals surface area contributed by atoms with Gasteiger partial charge in [-0.2, -0.15) is 0 Å². The van der Waals surface area contributed by atoms with Gasteiger partial charge in [0.05, 0.1) is 25.6 Å². The lowest BCUT2D eigenvalue weighted by Gasteiger charge is -2.37. The second kappa shape index (κ2) is 10.8. The molecular formula is C27H28N4O5. The Morgan fingerprint density at radius 1 is 1.03 bits per heavy atom. The maximum atomic E-state index is 12.6. The van der Waals surface area contributed by atoms with Crippen LogP contribution in [0.4, 0.5) is 5.69 Å². The molecule has 4 atom stereocenters. The Hall–Kier alpha value is -3.82. The molecule has 3 N–H and O–H groups in total. The number of aromatic nitrogens is 2. The molecule has 0 spiro atoms. The van der Waals surface area contributed by atoms with Gasteiger partial charge in [0.15, 0.2) is 0 Å². The van der Waals surface area contributed by atoms with Gasteiger partial charge in [-0.15, -0.1) is 0 Å². The standard InChI is InChI=1S/C27H28N4O5/c32-16-24-27-22(12-20(35-24)13-25(33)30-15-18-2-1-7-29-14-18)21-11-19(3-4-23(21)36-27)31-26(34)10-17-5-8-28-9-6-17/h1-9,11,14,20,22,24,27,32H,10,12-13,15-16H2,(H,30,33)(H,31,34)/t20-,22-,24+,27+/m1/s1. The summed E-state index contributed by atoms with van der Waals surface area (Å²) in [5, 5.41) is 15.8. The minimum atomic E-state index is -0.544. The fraction of sp³-hybridized carbons (Fsp3) is 0.333. The summed E-state index contributed by atoms with van der Waals surface area (Å²) in [6.07, 6.45) is 6.47. The zero-order chi connectivity index (χ0) is 24.9. The number of hydrogen-bond donors (Lipinski definition) is 3. The number of fused-ring (bicyclic) bond motifs is 3. The summed E-state index contributed by atoms with van der Waals surface area (Å²) in [7, 11) is 0. The molecule has 36 heavy (non-hydrogen) atoms. The fourth-order valence-electron chi connectivity index (χ4n) is 4.84. The molecule has 0 radical (unpaired) electrons. The van der Waals surface area contributed by atoms with E-state index in [0.717, 1.165) is 16.7 Å². The van der Waals surface area contributed by atoms with E-state index >= 15 is 0 Å². The first kappa shape index (κ1) is 23.9. The average molecular weight is 489 g/mol. The maximum Gasteiger partial charge on any atom is 0.228 e. The van der Waals surface area contributed by atoms with Gasteiger partial charge in [0, 0.05) is 48.5 Å². The first-order valence-corrected chi connectivity index (χ1v) is 12.0. The first-order valence-electron chi connectivity index (χ1n) is 12.0. The van der Waals surface area contributed by atoms with Crippen molar-refractivity contribution in [2.24, 2.45) is 0 Å². The lowest BCUT2D eigenvalue weighted by Crippen LogP contribution is -2.47. The van der Waals surface area contributed by atoms with E-state index in [0.29, 0.717) is 24.4 Å². The Morgan fingerprint density at radius 2 is 1.89 bits per heavy atom. The van der Waals surface area contributed by atoms with Crippen LogP contribution in [-0.4, -0.2) is 51.8 Å². The molecule has 1 aromatic carbocycles. The van der Waals surface area contributed by atoms with Crippen LogP contribution in [0.1, 0.15) is 35.4 Å². The minimum absolute atomic E-state index is 0.0564. The van der Waals surface area contributed by atoms with Crippen molar-refractivity contribution in [3.05, 3.63) is 83.9 Å². The highest BCUT2D eigenvalue weighted by molar-refractivity contribution is 5.92. The van der Waals surface area contributed by atoms with Crippen LogP contribution >= 0.6 is 0 Å². The number of carbonyl (C=O) groups is 2. The Balaban J connectivity index is 1.24. The van der Waals surface area contributed by atoms with Crippen LogP contribution in [0, 0.1) is 0 Å². The van der Waals surface area contributed by atoms with Gasteiger partial charge in [-0.25, -0.2) is 0 Å². The number of carbonyl (C=O) groups excluding carboxylic acids is 2. The Labute approximate surface area is 208 Å². The molecule has 4 heterocycles. The van der Waals surface area contributed by atoms with Gasteiger partial charge in [0.1, 0.15) is 18.0 Å². The summed E-state index contributed by atoms with van der Waals surface area (Å²) >= 11 is 0. The smallest absolute Gasteiger partial charge is 0.228 e. The molecule has 0 saturated carbocycles. The molecule has 2 aromatic heterocycles. The predicted molar refractivity (Wildman–Crippen MR) is 131 cm³/mol. The summed E-state index contributed by atoms with van der Waals surface area (Å²) < 4.78 is 12.2. The fourth-order valence-corrected chi connectivity index (χ4v) is 4.84. The third-order valence-corrected chi connectivity index (χ3v) is 6.52. The molecule has 5 rings (SSSR count). The molecule has 1 fully saturated rings. The van der Waals surface area contributed by atoms with E-state index in [2.05, 4.69) is 20.6 Å². The zero-order valence-corrected chi connectivity index (χ0v) is 19.7. The summed E-state index contributed by atoms with van der Waals surface area (Å²) in [5.74, 6) is 0.398. The van der Waals surface area contributed by atoms with E-state index in [1.807, 2.05) is 36.4 Å². The van der Waals surface area contributed by atoms with Crippen molar-refractivity contribution < 1.29 is 24.2 Å². The van der Waals surface area contributed by atoms with E-state index < -0.39 is 6.10 Å². The van der Waals surface area contributed by atoms with Gasteiger partial charge in [-0.05, 0) is 53.9 Å². The van der Waals surface area contributed by atoms with Crippen molar-refractivity contribution in [2.45, 2.75) is 50.0 Å². The van der Waals surface area contributed by atoms with Crippen molar-refractivity contribution in [1.82, 2.24) is 15.3 Å². The van der Waals surface area contributed by atoms with E-state index in [1.165, 1.54) is 0 Å². The Morgan fingerprint density at radius 3 is 2.67 bits per heavy atom. The average Bonchev–Trinajstić information content (AvgIpc) is 3.26. The highest BCUT2D eigenvalue weighted by atomic mass is 16.6. The van der Waals surface area contributed by atoms with Crippen molar-refractivity contribution >= 4 is 17.5 Å². The molecular weight excluding hydrogens is 460 g/mol. The molecule has 9 heteroatoms. The highest BCUT2D eigenvalue weighted by Crippen LogP contribution is 2.47. The number of nitrogens with one attached hydrogen (secondary N) is 2. The number of anilines is 1. The minimum Gasteiger partial charge on any atom is -0.487 e. The first-order chi connectivity index (χ1) is 17.6. The second-order valence-electron chi connectivity index (χ2n) is 9.08. The van der Waals surface area contributed by atoms with Gasteiger partial charge in [-0.1, -0.05) is 6.07 Å². The third kappa shape index (κ3) is 5.53. The number of rotatable bonds is 8. The SMILES string of the molecule is O=C(C[C@H]1C[C@@H]2c3cc(NC(=O)Cc4ccncc4)ccc3O[C@@H]2[C@H](CO)O1)NCc1cccnc1. The van der Waals surface area contributed by atoms with Crippen LogP contribution in [0.5, 0.6) is 5.75 Å². The molecule has 0 bridgehead atoms. The molecule has 2 amide bonds. The quantitative estimate of drug-likeness (QED) is 0.445. The predicted octanol–water partition coefficient (Wildman–Crippen LogP) is 2.36. The van der Waals surface area contributed by atoms with E-state index in [9.17, 15) is 14.7 Å². The van der Waals surface area contributed by atoms with Crippen LogP contribution in [0.15, 0.2) is 67.3 Å². The number of benzene rings is 1. The van der Waals surface area contributed by atoms with Crippen molar-refractivity contribution in [3.8, 4) is 5.75 Å². The van der Waals surface area contributed by atoms with E-state index in [1.54, 1.807) is 30.9 Å². The van der Waals surface area contributed by atoms with Crippen LogP contribution in [0.25, 0.3) is 0 Å². The van der Waals surface area contributed by atoms with Gasteiger partial charge in [0.25, 0.3) is 0 Å². The number of amides is 2. The monoisotopic (exact) mass is 488 g/mol. The number of aliphatic hydroxyl groups excluding tert-OH is 1. The van der Waals surface area contributed by atoms with Crippen LogP contribution in [0.3, 0.4) is 0 Å². The molecule has 2 aliphatic rings. The van der Waals surface area contributed by atoms with Crippen LogP contribution < -0.4 is 15.4 Å². The molecule has 0 unspecified atom stereocenters. The van der Waals surface area contributed by atoms with Crippen molar-refractivity contribution in [1.29, 1.82) is 0 Å². The Kier molecular flexibility index (Phi) is 7.20. The van der Waals surface area contributed by atoms with E-state index in [-0.39, 0.29) is 49.4 Å². The van der Waals surface area contributed by atoms with Gasteiger partial charge in [-0.3, -0.25) is 19.6 Å². The van der Waals surface area contributed by atoms with Crippen LogP contribution in [0.2, 0.25) is 0 Å². The number of hydrogen-bond acceptors (Lipinski definition) is 7. The molecule has 1 saturated heterocycles. The topological polar surface area (TPSA) is 123 Å². The largest absolute Gasteiger partial charge is 0.487 e. The summed E-state index contributed by atoms with van der Waals surface area (Å²) in [5.41, 5.74) is 3.42. The number of ether oxygens (including phenoxy) is 2. The second-order valence-corrected chi connectivity index (χ2v) is 9.08. The maximum absolute atomic E-state index is 12.6. The summed E-state index contributed by atoms with van der Waals surface area (Å²) in [6.45, 7) is 0.182. The summed E-state index contributed by atoms with van der Waals surface area (Å²) in [4.78, 5) is 33.2. The van der Waals surface area contributed by atoms with Crippen LogP contribution in [-0.2, 0) is 27.3 Å². The zero-order valence-electron chi connectivity index (χ0n) is 19.7. The number of nitrogens with zero attached hydrogens (tertiary/aromatic N) is 2. The molecule has 186 valence electrons. The van der Waals surface area contributed by atoms with Crippen molar-refractivity contribution in [2.75, 3.05) is 11.9 Å². The Bertz CT molecular complexity index is 1210. The number of pyridine rings is 2. The lowest BCUT2D eigenvalue weighted by molar-refractivity contribution is -0.142. The molecule has 9 nitrogen and oxygen atoms in total. The van der Waals surface area contributed by atoms with E-state index in [4.69, 9.17) is 9.47 Å².